The van der Waals surface area contributed by atoms with E-state index in [2.05, 4.69) is 19.6 Å². The lowest BCUT2D eigenvalue weighted by Crippen LogP contribution is -2.24. The molecule has 1 saturated heterocycles. The smallest absolute Gasteiger partial charge is 0.130 e. The first-order chi connectivity index (χ1) is 10.5. The molecule has 0 N–H and O–H groups in total. The van der Waals surface area contributed by atoms with Crippen molar-refractivity contribution in [2.24, 2.45) is 5.92 Å². The van der Waals surface area contributed by atoms with Crippen LogP contribution in [0.4, 0.5) is 0 Å². The van der Waals surface area contributed by atoms with Gasteiger partial charge in [0, 0.05) is 21.9 Å². The molecule has 0 bridgehead atoms. The van der Waals surface area contributed by atoms with Gasteiger partial charge in [-0.1, -0.05) is 61.0 Å². The van der Waals surface area contributed by atoms with E-state index >= 15 is 0 Å². The van der Waals surface area contributed by atoms with Crippen molar-refractivity contribution in [3.63, 3.8) is 0 Å². The molecule has 1 aliphatic rings. The molecule has 22 heavy (non-hydrogen) atoms. The molecule has 2 aromatic carbocycles. The van der Waals surface area contributed by atoms with Gasteiger partial charge in [-0.15, -0.1) is 0 Å². The van der Waals surface area contributed by atoms with Gasteiger partial charge in [-0.05, 0) is 41.8 Å². The normalized spacial score (nSPS) is 24.9. The van der Waals surface area contributed by atoms with Gasteiger partial charge in [0.05, 0.1) is 5.76 Å². The number of rotatable bonds is 2. The Bertz CT molecular complexity index is 678. The first-order valence-electron chi connectivity index (χ1n) is 7.41. The van der Waals surface area contributed by atoms with Crippen molar-refractivity contribution in [3.05, 3.63) is 82.0 Å². The Morgan fingerprint density at radius 2 is 1.73 bits per heavy atom. The molecule has 0 spiro atoms. The lowest BCUT2D eigenvalue weighted by molar-refractivity contribution is 0.0307. The topological polar surface area (TPSA) is 9.23 Å². The highest BCUT2D eigenvalue weighted by Crippen LogP contribution is 2.46. The van der Waals surface area contributed by atoms with E-state index in [0.29, 0.717) is 5.92 Å². The zero-order valence-corrected chi connectivity index (χ0v) is 13.9. The largest absolute Gasteiger partial charge is 0.490 e. The average Bonchev–Trinajstić information content (AvgIpc) is 2.50. The van der Waals surface area contributed by atoms with Crippen LogP contribution in [0.25, 0.3) is 0 Å². The molecule has 3 atom stereocenters. The van der Waals surface area contributed by atoms with Crippen LogP contribution >= 0.6 is 23.2 Å². The van der Waals surface area contributed by atoms with Crippen LogP contribution in [0.1, 0.15) is 36.5 Å². The fourth-order valence-electron chi connectivity index (χ4n) is 3.00. The van der Waals surface area contributed by atoms with Gasteiger partial charge in [0.15, 0.2) is 0 Å². The van der Waals surface area contributed by atoms with E-state index < -0.39 is 0 Å². The number of hydrogen-bond donors (Lipinski definition) is 0. The molecule has 1 heterocycles. The molecular weight excluding hydrogens is 315 g/mol. The van der Waals surface area contributed by atoms with Crippen LogP contribution in [-0.2, 0) is 4.74 Å². The van der Waals surface area contributed by atoms with Crippen LogP contribution in [0.2, 0.25) is 10.0 Å². The Balaban J connectivity index is 1.99. The van der Waals surface area contributed by atoms with Crippen LogP contribution in [0.3, 0.4) is 0 Å². The van der Waals surface area contributed by atoms with E-state index in [-0.39, 0.29) is 12.0 Å². The summed E-state index contributed by atoms with van der Waals surface area (Å²) >= 11 is 12.2. The van der Waals surface area contributed by atoms with Crippen LogP contribution in [0.5, 0.6) is 0 Å². The van der Waals surface area contributed by atoms with E-state index in [1.54, 1.807) is 0 Å². The third-order valence-corrected chi connectivity index (χ3v) is 4.76. The molecular formula is C19H18Cl2O. The molecule has 3 rings (SSSR count). The zero-order valence-electron chi connectivity index (χ0n) is 12.4. The second kappa shape index (κ2) is 6.36. The van der Waals surface area contributed by atoms with E-state index in [0.717, 1.165) is 27.8 Å². The van der Waals surface area contributed by atoms with E-state index in [1.165, 1.54) is 5.56 Å². The molecule has 114 valence electrons. The first kappa shape index (κ1) is 15.5. The summed E-state index contributed by atoms with van der Waals surface area (Å²) in [5.41, 5.74) is 2.31. The highest BCUT2D eigenvalue weighted by atomic mass is 35.5. The van der Waals surface area contributed by atoms with Gasteiger partial charge in [-0.25, -0.2) is 0 Å². The van der Waals surface area contributed by atoms with Crippen molar-refractivity contribution in [1.82, 2.24) is 0 Å². The van der Waals surface area contributed by atoms with Gasteiger partial charge < -0.3 is 4.74 Å². The lowest BCUT2D eigenvalue weighted by atomic mass is 9.80. The first-order valence-corrected chi connectivity index (χ1v) is 8.16. The van der Waals surface area contributed by atoms with E-state index in [9.17, 15) is 0 Å². The van der Waals surface area contributed by atoms with Gasteiger partial charge in [-0.3, -0.25) is 0 Å². The predicted molar refractivity (Wildman–Crippen MR) is 92.4 cm³/mol. The van der Waals surface area contributed by atoms with Crippen LogP contribution in [0, 0.1) is 5.92 Å². The highest BCUT2D eigenvalue weighted by Gasteiger charge is 2.34. The number of benzene rings is 2. The quantitative estimate of drug-likeness (QED) is 0.619. The Hall–Kier alpha value is -1.44. The van der Waals surface area contributed by atoms with Crippen molar-refractivity contribution >= 4 is 23.2 Å². The molecule has 0 unspecified atom stereocenters. The molecule has 0 aromatic heterocycles. The van der Waals surface area contributed by atoms with Crippen LogP contribution in [-0.4, -0.2) is 0 Å². The molecule has 3 heteroatoms. The summed E-state index contributed by atoms with van der Waals surface area (Å²) in [6, 6.07) is 15.9. The van der Waals surface area contributed by atoms with Crippen LogP contribution < -0.4 is 0 Å². The summed E-state index contributed by atoms with van der Waals surface area (Å²) in [5, 5.41) is 1.48. The van der Waals surface area contributed by atoms with Gasteiger partial charge in [-0.2, -0.15) is 0 Å². The average molecular weight is 333 g/mol. The molecule has 0 radical (unpaired) electrons. The highest BCUT2D eigenvalue weighted by molar-refractivity contribution is 6.30. The Morgan fingerprint density at radius 1 is 1.00 bits per heavy atom. The zero-order chi connectivity index (χ0) is 15.7. The maximum atomic E-state index is 6.17. The molecule has 0 amide bonds. The SMILES string of the molecule is C=C1O[C@@H](c2ccc(Cl)cc2)[C@@H](c2cccc(Cl)c2)C[C@H]1C. The van der Waals surface area contributed by atoms with E-state index in [1.807, 2.05) is 42.5 Å². The summed E-state index contributed by atoms with van der Waals surface area (Å²) in [6.07, 6.45) is 0.936. The maximum Gasteiger partial charge on any atom is 0.130 e. The second-order valence-corrected chi connectivity index (χ2v) is 6.73. The summed E-state index contributed by atoms with van der Waals surface area (Å²) in [7, 11) is 0. The Morgan fingerprint density at radius 3 is 2.41 bits per heavy atom. The monoisotopic (exact) mass is 332 g/mol. The van der Waals surface area contributed by atoms with Crippen molar-refractivity contribution in [2.75, 3.05) is 0 Å². The standard InChI is InChI=1S/C19H18Cl2O/c1-12-10-18(15-4-3-5-17(21)11-15)19(22-13(12)2)14-6-8-16(20)9-7-14/h3-9,11-12,18-19H,2,10H2,1H3/t12-,18-,19+/m1/s1. The summed E-state index contributed by atoms with van der Waals surface area (Å²) < 4.78 is 6.15. The maximum absolute atomic E-state index is 6.17. The van der Waals surface area contributed by atoms with Gasteiger partial charge >= 0.3 is 0 Å². The molecule has 2 aromatic rings. The van der Waals surface area contributed by atoms with E-state index in [4.69, 9.17) is 27.9 Å². The summed E-state index contributed by atoms with van der Waals surface area (Å²) in [6.45, 7) is 6.21. The van der Waals surface area contributed by atoms with Gasteiger partial charge in [0.2, 0.25) is 0 Å². The Labute approximate surface area is 141 Å². The van der Waals surface area contributed by atoms with Crippen molar-refractivity contribution < 1.29 is 4.74 Å². The summed E-state index contributed by atoms with van der Waals surface area (Å²) in [4.78, 5) is 0. The minimum Gasteiger partial charge on any atom is -0.490 e. The van der Waals surface area contributed by atoms with Crippen molar-refractivity contribution in [2.45, 2.75) is 25.4 Å². The number of halogens is 2. The number of hydrogen-bond acceptors (Lipinski definition) is 1. The third-order valence-electron chi connectivity index (χ3n) is 4.28. The van der Waals surface area contributed by atoms with Crippen molar-refractivity contribution in [3.8, 4) is 0 Å². The minimum atomic E-state index is -0.0561. The van der Waals surface area contributed by atoms with Crippen LogP contribution in [0.15, 0.2) is 60.9 Å². The fourth-order valence-corrected chi connectivity index (χ4v) is 3.32. The van der Waals surface area contributed by atoms with Gasteiger partial charge in [0.1, 0.15) is 6.10 Å². The predicted octanol–water partition coefficient (Wildman–Crippen LogP) is 6.39. The molecule has 0 saturated carbocycles. The van der Waals surface area contributed by atoms with Gasteiger partial charge in [0.25, 0.3) is 0 Å². The molecule has 1 fully saturated rings. The minimum absolute atomic E-state index is 0.0561. The number of ether oxygens (including phenoxy) is 1. The van der Waals surface area contributed by atoms with Crippen molar-refractivity contribution in [1.29, 1.82) is 0 Å². The molecule has 0 aliphatic carbocycles. The Kier molecular flexibility index (Phi) is 4.46. The summed E-state index contributed by atoms with van der Waals surface area (Å²) in [5.74, 6) is 1.42. The molecule has 1 nitrogen and oxygen atoms in total. The number of allylic oxidation sites excluding steroid dienone is 1. The fraction of sp³-hybridized carbons (Fsp3) is 0.263. The lowest BCUT2D eigenvalue weighted by Gasteiger charge is -2.37. The third kappa shape index (κ3) is 3.16. The molecule has 1 aliphatic heterocycles. The second-order valence-electron chi connectivity index (χ2n) is 5.85.